The number of phosphoric ester groups is 2. The molecule has 498 valence electrons. The van der Waals surface area contributed by atoms with Crippen molar-refractivity contribution in [2.75, 3.05) is 39.6 Å². The summed E-state index contributed by atoms with van der Waals surface area (Å²) in [6.45, 7) is 13.9. The Labute approximate surface area is 511 Å². The second kappa shape index (κ2) is 55.2. The van der Waals surface area contributed by atoms with Gasteiger partial charge in [0, 0.05) is 25.7 Å². The molecule has 5 atom stereocenters. The van der Waals surface area contributed by atoms with Gasteiger partial charge >= 0.3 is 39.5 Å². The molecule has 0 spiro atoms. The van der Waals surface area contributed by atoms with E-state index in [1.54, 1.807) is 0 Å². The van der Waals surface area contributed by atoms with Crippen molar-refractivity contribution in [1.82, 2.24) is 0 Å². The number of hydrogen-bond acceptors (Lipinski definition) is 15. The third kappa shape index (κ3) is 59.0. The quantitative estimate of drug-likeness (QED) is 0.0222. The van der Waals surface area contributed by atoms with E-state index in [4.69, 9.17) is 37.0 Å². The molecular weight excluding hydrogens is 1110 g/mol. The molecule has 0 aliphatic rings. The van der Waals surface area contributed by atoms with E-state index in [0.29, 0.717) is 37.5 Å². The molecule has 0 heterocycles. The molecule has 0 radical (unpaired) electrons. The highest BCUT2D eigenvalue weighted by atomic mass is 31.2. The Hall–Kier alpha value is -1.94. The van der Waals surface area contributed by atoms with E-state index in [-0.39, 0.29) is 25.7 Å². The fourth-order valence-corrected chi connectivity index (χ4v) is 11.2. The van der Waals surface area contributed by atoms with Crippen molar-refractivity contribution in [2.24, 2.45) is 23.7 Å². The lowest BCUT2D eigenvalue weighted by atomic mass is 10.0. The van der Waals surface area contributed by atoms with E-state index in [2.05, 4.69) is 55.4 Å². The summed E-state index contributed by atoms with van der Waals surface area (Å²) in [4.78, 5) is 72.2. The van der Waals surface area contributed by atoms with Crippen molar-refractivity contribution >= 4 is 39.5 Å². The first kappa shape index (κ1) is 82.1. The second-order valence-corrected chi connectivity index (χ2v) is 28.3. The van der Waals surface area contributed by atoms with Crippen LogP contribution in [-0.2, 0) is 65.4 Å². The minimum absolute atomic E-state index is 0.102. The third-order valence-corrected chi connectivity index (χ3v) is 16.7. The van der Waals surface area contributed by atoms with Gasteiger partial charge in [-0.2, -0.15) is 0 Å². The van der Waals surface area contributed by atoms with Crippen molar-refractivity contribution in [3.63, 3.8) is 0 Å². The third-order valence-electron chi connectivity index (χ3n) is 14.8. The Morgan fingerprint density at radius 3 is 0.738 bits per heavy atom. The van der Waals surface area contributed by atoms with E-state index in [9.17, 15) is 43.2 Å². The Balaban J connectivity index is 5.25. The van der Waals surface area contributed by atoms with E-state index >= 15 is 0 Å². The number of aliphatic hydroxyl groups excluding tert-OH is 1. The number of ether oxygens (including phenoxy) is 4. The minimum atomic E-state index is -4.95. The molecule has 0 bridgehead atoms. The van der Waals surface area contributed by atoms with Crippen LogP contribution in [0.2, 0.25) is 0 Å². The highest BCUT2D eigenvalue weighted by molar-refractivity contribution is 7.47. The molecule has 0 amide bonds. The first-order chi connectivity index (χ1) is 40.1. The van der Waals surface area contributed by atoms with Crippen LogP contribution in [-0.4, -0.2) is 96.7 Å². The van der Waals surface area contributed by atoms with Gasteiger partial charge in [0.15, 0.2) is 12.2 Å². The van der Waals surface area contributed by atoms with Crippen LogP contribution < -0.4 is 0 Å². The topological polar surface area (TPSA) is 237 Å². The van der Waals surface area contributed by atoms with Crippen molar-refractivity contribution in [3.05, 3.63) is 0 Å². The highest BCUT2D eigenvalue weighted by Gasteiger charge is 2.30. The Kier molecular flexibility index (Phi) is 53.9. The number of carbonyl (C=O) groups excluding carboxylic acids is 4. The van der Waals surface area contributed by atoms with Crippen LogP contribution in [0.4, 0.5) is 0 Å². The van der Waals surface area contributed by atoms with Gasteiger partial charge in [0.1, 0.15) is 19.3 Å². The predicted octanol–water partition coefficient (Wildman–Crippen LogP) is 17.8. The van der Waals surface area contributed by atoms with Gasteiger partial charge in [-0.1, -0.05) is 261 Å². The number of carbonyl (C=O) groups is 4. The van der Waals surface area contributed by atoms with E-state index in [1.807, 2.05) is 0 Å². The molecule has 84 heavy (non-hydrogen) atoms. The molecule has 3 unspecified atom stereocenters. The molecule has 0 aromatic carbocycles. The lowest BCUT2D eigenvalue weighted by molar-refractivity contribution is -0.161. The molecule has 3 N–H and O–H groups in total. The summed E-state index contributed by atoms with van der Waals surface area (Å²) in [6, 6.07) is 0. The van der Waals surface area contributed by atoms with Crippen LogP contribution in [0.5, 0.6) is 0 Å². The number of esters is 4. The summed E-state index contributed by atoms with van der Waals surface area (Å²) in [7, 11) is -9.89. The fourth-order valence-electron chi connectivity index (χ4n) is 9.61. The predicted molar refractivity (Wildman–Crippen MR) is 335 cm³/mol. The second-order valence-electron chi connectivity index (χ2n) is 25.4. The summed E-state index contributed by atoms with van der Waals surface area (Å²) in [5.74, 6) is 0.739. The Morgan fingerprint density at radius 2 is 0.500 bits per heavy atom. The molecule has 0 aromatic rings. The van der Waals surface area contributed by atoms with E-state index in [1.165, 1.54) is 109 Å². The summed E-state index contributed by atoms with van der Waals surface area (Å²) < 4.78 is 68.0. The maximum atomic E-state index is 13.0. The summed E-state index contributed by atoms with van der Waals surface area (Å²) >= 11 is 0. The largest absolute Gasteiger partial charge is 0.472 e. The van der Waals surface area contributed by atoms with Crippen molar-refractivity contribution in [2.45, 2.75) is 331 Å². The van der Waals surface area contributed by atoms with Gasteiger partial charge in [0.25, 0.3) is 0 Å². The minimum Gasteiger partial charge on any atom is -0.462 e. The molecule has 17 nitrogen and oxygen atoms in total. The van der Waals surface area contributed by atoms with Crippen LogP contribution in [0.1, 0.15) is 312 Å². The zero-order valence-electron chi connectivity index (χ0n) is 54.5. The molecule has 0 saturated carbocycles. The maximum Gasteiger partial charge on any atom is 0.472 e. The lowest BCUT2D eigenvalue weighted by Gasteiger charge is -2.21. The van der Waals surface area contributed by atoms with Gasteiger partial charge in [-0.25, -0.2) is 9.13 Å². The molecular formula is C65H126O17P2. The van der Waals surface area contributed by atoms with Crippen molar-refractivity contribution < 1.29 is 80.2 Å². The number of rotatable bonds is 62. The van der Waals surface area contributed by atoms with Gasteiger partial charge in [-0.05, 0) is 49.4 Å². The van der Waals surface area contributed by atoms with Crippen LogP contribution >= 0.6 is 15.6 Å². The normalized spacial score (nSPS) is 14.4. The zero-order chi connectivity index (χ0) is 62.5. The molecule has 19 heteroatoms. The van der Waals surface area contributed by atoms with Gasteiger partial charge < -0.3 is 33.8 Å². The molecule has 0 aromatic heterocycles. The van der Waals surface area contributed by atoms with E-state index in [0.717, 1.165) is 108 Å². The molecule has 0 saturated heterocycles. The van der Waals surface area contributed by atoms with Crippen LogP contribution in [0.25, 0.3) is 0 Å². The fraction of sp³-hybridized carbons (Fsp3) is 0.938. The maximum absolute atomic E-state index is 13.0. The Morgan fingerprint density at radius 1 is 0.298 bits per heavy atom. The first-order valence-electron chi connectivity index (χ1n) is 33.7. The van der Waals surface area contributed by atoms with Crippen LogP contribution in [0.15, 0.2) is 0 Å². The molecule has 0 rings (SSSR count). The van der Waals surface area contributed by atoms with E-state index < -0.39 is 97.5 Å². The molecule has 0 aliphatic heterocycles. The van der Waals surface area contributed by atoms with Crippen LogP contribution in [0, 0.1) is 23.7 Å². The standard InChI is InChI=1S/C65H126O17P2/c1-55(2)41-33-25-17-11-9-10-12-22-31-39-47-64(69)81-60(51-75-62(67)45-37-29-21-14-13-18-26-34-42-56(3)4)53-79-83(71,72)77-49-59(66)50-78-84(73,74)80-54-61(82-65(70)48-40-32-24-16-20-28-36-44-58(7)8)52-76-63(68)46-38-30-23-15-19-27-35-43-57(5)6/h55-61,66H,9-54H2,1-8H3,(H,71,72)(H,73,74)/t59?,60-,61-/m1/s1. The number of aliphatic hydroxyl groups is 1. The van der Waals surface area contributed by atoms with Gasteiger partial charge in [-0.15, -0.1) is 0 Å². The first-order valence-corrected chi connectivity index (χ1v) is 36.7. The summed E-state index contributed by atoms with van der Waals surface area (Å²) in [5.41, 5.74) is 0. The summed E-state index contributed by atoms with van der Waals surface area (Å²) in [5, 5.41) is 10.5. The summed E-state index contributed by atoms with van der Waals surface area (Å²) in [6.07, 6.45) is 35.0. The zero-order valence-corrected chi connectivity index (χ0v) is 56.3. The Bertz CT molecular complexity index is 1680. The van der Waals surface area contributed by atoms with Crippen molar-refractivity contribution in [3.8, 4) is 0 Å². The van der Waals surface area contributed by atoms with Crippen LogP contribution in [0.3, 0.4) is 0 Å². The lowest BCUT2D eigenvalue weighted by Crippen LogP contribution is -2.30. The van der Waals surface area contributed by atoms with Crippen molar-refractivity contribution in [1.29, 1.82) is 0 Å². The van der Waals surface area contributed by atoms with Gasteiger partial charge in [0.2, 0.25) is 0 Å². The molecule has 0 aliphatic carbocycles. The number of hydrogen-bond donors (Lipinski definition) is 3. The monoisotopic (exact) mass is 1240 g/mol. The molecule has 0 fully saturated rings. The van der Waals surface area contributed by atoms with Gasteiger partial charge in [-0.3, -0.25) is 37.3 Å². The highest BCUT2D eigenvalue weighted by Crippen LogP contribution is 2.45. The average Bonchev–Trinajstić information content (AvgIpc) is 3.54. The number of unbranched alkanes of at least 4 members (excludes halogenated alkanes) is 28. The SMILES string of the molecule is CC(C)CCCCCCCCCCCCC(=O)O[C@H](COC(=O)CCCCCCCCCCC(C)C)COP(=O)(O)OCC(O)COP(=O)(O)OC[C@@H](COC(=O)CCCCCCCCCC(C)C)OC(=O)CCCCCCCCCC(C)C. The smallest absolute Gasteiger partial charge is 0.462 e. The number of phosphoric acid groups is 2. The van der Waals surface area contributed by atoms with Gasteiger partial charge in [0.05, 0.1) is 26.4 Å². The average molecular weight is 1240 g/mol.